The quantitative estimate of drug-likeness (QED) is 0.762. The normalized spacial score (nSPS) is 14.3. The van der Waals surface area contributed by atoms with Crippen LogP contribution in [0.1, 0.15) is 37.9 Å². The highest BCUT2D eigenvalue weighted by Gasteiger charge is 2.27. The summed E-state index contributed by atoms with van der Waals surface area (Å²) in [7, 11) is 0. The molecule has 0 amide bonds. The van der Waals surface area contributed by atoms with Gasteiger partial charge in [0.25, 0.3) is 0 Å². The second-order valence-electron chi connectivity index (χ2n) is 5.08. The van der Waals surface area contributed by atoms with Crippen molar-refractivity contribution >= 4 is 11.6 Å². The summed E-state index contributed by atoms with van der Waals surface area (Å²) in [4.78, 5) is 8.93. The first-order valence-corrected chi connectivity index (χ1v) is 7.42. The molecule has 1 aromatic heterocycles. The SMILES string of the molecule is CCCOc1ccc(-c2cc(Cl)nc(C3CC3)n2)cc1. The van der Waals surface area contributed by atoms with E-state index in [0.29, 0.717) is 11.1 Å². The largest absolute Gasteiger partial charge is 0.494 e. The summed E-state index contributed by atoms with van der Waals surface area (Å²) in [5.41, 5.74) is 1.92. The molecule has 1 saturated carbocycles. The summed E-state index contributed by atoms with van der Waals surface area (Å²) in [5.74, 6) is 2.26. The number of aromatic nitrogens is 2. The van der Waals surface area contributed by atoms with Gasteiger partial charge in [-0.15, -0.1) is 0 Å². The number of hydrogen-bond acceptors (Lipinski definition) is 3. The van der Waals surface area contributed by atoms with Crippen molar-refractivity contribution in [3.63, 3.8) is 0 Å². The van der Waals surface area contributed by atoms with Crippen molar-refractivity contribution < 1.29 is 4.74 Å². The van der Waals surface area contributed by atoms with Crippen LogP contribution in [0.2, 0.25) is 5.15 Å². The predicted octanol–water partition coefficient (Wildman–Crippen LogP) is 4.46. The van der Waals surface area contributed by atoms with Gasteiger partial charge in [-0.3, -0.25) is 0 Å². The van der Waals surface area contributed by atoms with Crippen LogP contribution in [0.5, 0.6) is 5.75 Å². The van der Waals surface area contributed by atoms with Gasteiger partial charge in [0.15, 0.2) is 0 Å². The molecule has 104 valence electrons. The minimum Gasteiger partial charge on any atom is -0.494 e. The highest BCUT2D eigenvalue weighted by Crippen LogP contribution is 2.39. The van der Waals surface area contributed by atoms with Crippen molar-refractivity contribution in [2.45, 2.75) is 32.1 Å². The van der Waals surface area contributed by atoms with Gasteiger partial charge in [0.1, 0.15) is 16.7 Å². The molecular formula is C16H17ClN2O. The first-order valence-electron chi connectivity index (χ1n) is 7.04. The van der Waals surface area contributed by atoms with E-state index >= 15 is 0 Å². The van der Waals surface area contributed by atoms with E-state index < -0.39 is 0 Å². The van der Waals surface area contributed by atoms with Gasteiger partial charge in [-0.05, 0) is 43.5 Å². The zero-order valence-corrected chi connectivity index (χ0v) is 12.2. The Kier molecular flexibility index (Phi) is 3.88. The fourth-order valence-electron chi connectivity index (χ4n) is 2.05. The molecule has 1 heterocycles. The van der Waals surface area contributed by atoms with Gasteiger partial charge in [-0.25, -0.2) is 9.97 Å². The Labute approximate surface area is 124 Å². The van der Waals surface area contributed by atoms with E-state index in [1.165, 1.54) is 12.8 Å². The monoisotopic (exact) mass is 288 g/mol. The molecule has 0 N–H and O–H groups in total. The molecule has 0 aliphatic heterocycles. The molecule has 1 aromatic carbocycles. The van der Waals surface area contributed by atoms with E-state index in [1.54, 1.807) is 0 Å². The lowest BCUT2D eigenvalue weighted by Gasteiger charge is -2.07. The van der Waals surface area contributed by atoms with Crippen LogP contribution >= 0.6 is 11.6 Å². The third kappa shape index (κ3) is 3.10. The molecule has 4 heteroatoms. The van der Waals surface area contributed by atoms with Crippen molar-refractivity contribution in [1.82, 2.24) is 9.97 Å². The Balaban J connectivity index is 1.84. The average Bonchev–Trinajstić information content (AvgIpc) is 3.29. The molecule has 0 spiro atoms. The Morgan fingerprint density at radius 1 is 1.20 bits per heavy atom. The number of hydrogen-bond donors (Lipinski definition) is 0. The van der Waals surface area contributed by atoms with Crippen molar-refractivity contribution in [3.8, 4) is 17.0 Å². The molecule has 3 nitrogen and oxygen atoms in total. The second kappa shape index (κ2) is 5.80. The van der Waals surface area contributed by atoms with Crippen LogP contribution in [-0.4, -0.2) is 16.6 Å². The summed E-state index contributed by atoms with van der Waals surface area (Å²) < 4.78 is 5.58. The van der Waals surface area contributed by atoms with Gasteiger partial charge in [-0.1, -0.05) is 18.5 Å². The second-order valence-corrected chi connectivity index (χ2v) is 5.47. The average molecular weight is 289 g/mol. The molecule has 0 bridgehead atoms. The molecule has 0 radical (unpaired) electrons. The van der Waals surface area contributed by atoms with E-state index in [2.05, 4.69) is 16.9 Å². The topological polar surface area (TPSA) is 35.0 Å². The number of rotatable bonds is 5. The first-order chi connectivity index (χ1) is 9.76. The molecule has 0 saturated heterocycles. The summed E-state index contributed by atoms with van der Waals surface area (Å²) in [5, 5.41) is 0.517. The highest BCUT2D eigenvalue weighted by molar-refractivity contribution is 6.29. The van der Waals surface area contributed by atoms with Crippen molar-refractivity contribution in [3.05, 3.63) is 41.3 Å². The predicted molar refractivity (Wildman–Crippen MR) is 80.2 cm³/mol. The fourth-order valence-corrected chi connectivity index (χ4v) is 2.24. The molecule has 1 fully saturated rings. The van der Waals surface area contributed by atoms with Gasteiger partial charge in [0.2, 0.25) is 0 Å². The molecule has 1 aliphatic carbocycles. The van der Waals surface area contributed by atoms with Crippen LogP contribution in [0.3, 0.4) is 0 Å². The number of ether oxygens (including phenoxy) is 1. The summed E-state index contributed by atoms with van der Waals surface area (Å²) in [6.45, 7) is 2.83. The summed E-state index contributed by atoms with van der Waals surface area (Å²) in [6.07, 6.45) is 3.35. The molecule has 3 rings (SSSR count). The molecule has 20 heavy (non-hydrogen) atoms. The summed E-state index contributed by atoms with van der Waals surface area (Å²) >= 11 is 6.10. The third-order valence-corrected chi connectivity index (χ3v) is 3.47. The molecular weight excluding hydrogens is 272 g/mol. The standard InChI is InChI=1S/C16H17ClN2O/c1-2-9-20-13-7-5-11(6-8-13)14-10-15(17)19-16(18-14)12-3-4-12/h5-8,10,12H,2-4,9H2,1H3. The minimum absolute atomic E-state index is 0.500. The Morgan fingerprint density at radius 2 is 1.95 bits per heavy atom. The van der Waals surface area contributed by atoms with E-state index in [1.807, 2.05) is 30.3 Å². The zero-order chi connectivity index (χ0) is 13.9. The molecule has 0 atom stereocenters. The third-order valence-electron chi connectivity index (χ3n) is 3.28. The van der Waals surface area contributed by atoms with Crippen molar-refractivity contribution in [2.24, 2.45) is 0 Å². The Bertz CT molecular complexity index is 594. The molecule has 2 aromatic rings. The molecule has 1 aliphatic rings. The van der Waals surface area contributed by atoms with Gasteiger partial charge in [0.05, 0.1) is 12.3 Å². The Hall–Kier alpha value is -1.61. The highest BCUT2D eigenvalue weighted by atomic mass is 35.5. The van der Waals surface area contributed by atoms with Crippen LogP contribution in [0.4, 0.5) is 0 Å². The smallest absolute Gasteiger partial charge is 0.133 e. The van der Waals surface area contributed by atoms with E-state index in [9.17, 15) is 0 Å². The van der Waals surface area contributed by atoms with Gasteiger partial charge >= 0.3 is 0 Å². The lowest BCUT2D eigenvalue weighted by Crippen LogP contribution is -1.96. The lowest BCUT2D eigenvalue weighted by molar-refractivity contribution is 0.317. The maximum atomic E-state index is 6.10. The fraction of sp³-hybridized carbons (Fsp3) is 0.375. The van der Waals surface area contributed by atoms with Gasteiger partial charge < -0.3 is 4.74 Å². The number of halogens is 1. The maximum absolute atomic E-state index is 6.10. The van der Waals surface area contributed by atoms with Gasteiger partial charge in [0, 0.05) is 17.5 Å². The van der Waals surface area contributed by atoms with Crippen LogP contribution < -0.4 is 4.74 Å². The van der Waals surface area contributed by atoms with Crippen molar-refractivity contribution in [1.29, 1.82) is 0 Å². The lowest BCUT2D eigenvalue weighted by atomic mass is 10.1. The van der Waals surface area contributed by atoms with E-state index in [4.69, 9.17) is 16.3 Å². The van der Waals surface area contributed by atoms with E-state index in [-0.39, 0.29) is 0 Å². The Morgan fingerprint density at radius 3 is 2.60 bits per heavy atom. The zero-order valence-electron chi connectivity index (χ0n) is 11.5. The van der Waals surface area contributed by atoms with Crippen LogP contribution in [0.15, 0.2) is 30.3 Å². The maximum Gasteiger partial charge on any atom is 0.133 e. The summed E-state index contributed by atoms with van der Waals surface area (Å²) in [6, 6.07) is 9.78. The van der Waals surface area contributed by atoms with Crippen LogP contribution in [-0.2, 0) is 0 Å². The number of nitrogens with zero attached hydrogens (tertiary/aromatic N) is 2. The van der Waals surface area contributed by atoms with Crippen molar-refractivity contribution in [2.75, 3.05) is 6.61 Å². The number of benzene rings is 1. The van der Waals surface area contributed by atoms with Gasteiger partial charge in [-0.2, -0.15) is 0 Å². The minimum atomic E-state index is 0.500. The van der Waals surface area contributed by atoms with E-state index in [0.717, 1.165) is 35.9 Å². The first kappa shape index (κ1) is 13.4. The molecule has 0 unspecified atom stereocenters. The van der Waals surface area contributed by atoms with Crippen LogP contribution in [0.25, 0.3) is 11.3 Å². The van der Waals surface area contributed by atoms with Crippen LogP contribution in [0, 0.1) is 0 Å².